The number of benzene rings is 1. The topological polar surface area (TPSA) is 119 Å². The highest BCUT2D eigenvalue weighted by Crippen LogP contribution is 2.21. The van der Waals surface area contributed by atoms with Crippen molar-refractivity contribution >= 4 is 26.9 Å². The fourth-order valence-corrected chi connectivity index (χ4v) is 4.36. The van der Waals surface area contributed by atoms with Crippen LogP contribution in [0.25, 0.3) is 10.9 Å². The van der Waals surface area contributed by atoms with E-state index < -0.39 is 27.0 Å². The van der Waals surface area contributed by atoms with Crippen molar-refractivity contribution in [3.8, 4) is 0 Å². The van der Waals surface area contributed by atoms with Gasteiger partial charge in [-0.25, -0.2) is 13.1 Å². The van der Waals surface area contributed by atoms with Crippen molar-refractivity contribution in [3.05, 3.63) is 40.2 Å². The molecule has 1 heterocycles. The van der Waals surface area contributed by atoms with E-state index in [9.17, 15) is 23.1 Å². The molecule has 24 heavy (non-hydrogen) atoms. The minimum Gasteiger partial charge on any atom is -0.545 e. The average molecular weight is 349 g/mol. The van der Waals surface area contributed by atoms with Crippen molar-refractivity contribution in [1.82, 2.24) is 9.71 Å². The number of hydrogen-bond acceptors (Lipinski definition) is 5. The van der Waals surface area contributed by atoms with Crippen LogP contribution in [0.2, 0.25) is 0 Å². The quantitative estimate of drug-likeness (QED) is 0.833. The Bertz CT molecular complexity index is 943. The Hall–Kier alpha value is -2.19. The van der Waals surface area contributed by atoms with E-state index >= 15 is 0 Å². The van der Waals surface area contributed by atoms with Crippen LogP contribution < -0.4 is 15.3 Å². The van der Waals surface area contributed by atoms with Crippen LogP contribution in [0, 0.1) is 0 Å². The van der Waals surface area contributed by atoms with Crippen molar-refractivity contribution < 1.29 is 18.3 Å². The number of carbonyl (C=O) groups is 1. The number of aromatic carboxylic acids is 1. The highest BCUT2D eigenvalue weighted by atomic mass is 32.2. The maximum Gasteiger partial charge on any atom is 0.240 e. The Morgan fingerprint density at radius 3 is 2.58 bits per heavy atom. The molecule has 0 spiro atoms. The van der Waals surface area contributed by atoms with Gasteiger partial charge in [0.05, 0.1) is 16.4 Å². The summed E-state index contributed by atoms with van der Waals surface area (Å²) in [7, 11) is -3.77. The van der Waals surface area contributed by atoms with Gasteiger partial charge in [-0.3, -0.25) is 4.79 Å². The summed E-state index contributed by atoms with van der Waals surface area (Å²) in [4.78, 5) is 25.7. The van der Waals surface area contributed by atoms with Crippen LogP contribution >= 0.6 is 0 Å². The highest BCUT2D eigenvalue weighted by Gasteiger charge is 2.22. The number of aromatic amines is 1. The molecule has 8 heteroatoms. The van der Waals surface area contributed by atoms with Crippen molar-refractivity contribution in [1.29, 1.82) is 0 Å². The molecule has 0 amide bonds. The molecule has 1 aliphatic rings. The average Bonchev–Trinajstić information content (AvgIpc) is 2.55. The Morgan fingerprint density at radius 1 is 1.21 bits per heavy atom. The van der Waals surface area contributed by atoms with Gasteiger partial charge in [0.2, 0.25) is 10.0 Å². The molecule has 1 fully saturated rings. The predicted octanol–water partition coefficient (Wildman–Crippen LogP) is 0.503. The van der Waals surface area contributed by atoms with Crippen molar-refractivity contribution in [2.45, 2.75) is 43.0 Å². The second-order valence-corrected chi connectivity index (χ2v) is 7.70. The van der Waals surface area contributed by atoms with Crippen LogP contribution in [-0.2, 0) is 10.0 Å². The van der Waals surface area contributed by atoms with E-state index in [4.69, 9.17) is 0 Å². The van der Waals surface area contributed by atoms with Crippen LogP contribution in [0.5, 0.6) is 0 Å². The second kappa shape index (κ2) is 6.37. The fourth-order valence-electron chi connectivity index (χ4n) is 3.02. The van der Waals surface area contributed by atoms with Crippen molar-refractivity contribution in [2.75, 3.05) is 0 Å². The standard InChI is InChI=1S/C16H18N2O5S/c19-15-12-8-11(6-7-14(12)17-9-13(15)16(20)21)24(22,23)18-10-4-2-1-3-5-10/h6-10,18H,1-5H2,(H,17,19)(H,20,21)/p-1. The number of carboxylic acids is 1. The van der Waals surface area contributed by atoms with E-state index in [1.54, 1.807) is 0 Å². The molecule has 0 unspecified atom stereocenters. The largest absolute Gasteiger partial charge is 0.545 e. The number of rotatable bonds is 4. The summed E-state index contributed by atoms with van der Waals surface area (Å²) >= 11 is 0. The molecule has 1 aromatic heterocycles. The first-order valence-electron chi connectivity index (χ1n) is 7.77. The Balaban J connectivity index is 2.01. The van der Waals surface area contributed by atoms with Gasteiger partial charge >= 0.3 is 0 Å². The van der Waals surface area contributed by atoms with Crippen LogP contribution in [0.15, 0.2) is 34.1 Å². The summed E-state index contributed by atoms with van der Waals surface area (Å²) in [6.45, 7) is 0. The molecule has 2 aromatic rings. The number of sulfonamides is 1. The SMILES string of the molecule is O=C([O-])c1c[nH]c2ccc(S(=O)(=O)NC3CCCCC3)cc2c1=O. The van der Waals surface area contributed by atoms with Gasteiger partial charge in [0.25, 0.3) is 0 Å². The van der Waals surface area contributed by atoms with E-state index in [1.165, 1.54) is 18.2 Å². The van der Waals surface area contributed by atoms with Crippen molar-refractivity contribution in [2.24, 2.45) is 0 Å². The van der Waals surface area contributed by atoms with E-state index in [-0.39, 0.29) is 16.3 Å². The van der Waals surface area contributed by atoms with Gasteiger partial charge < -0.3 is 14.9 Å². The maximum atomic E-state index is 12.5. The molecule has 2 N–H and O–H groups in total. The number of H-pyrrole nitrogens is 1. The van der Waals surface area contributed by atoms with Gasteiger partial charge in [-0.15, -0.1) is 0 Å². The maximum absolute atomic E-state index is 12.5. The first-order chi connectivity index (χ1) is 11.4. The molecule has 7 nitrogen and oxygen atoms in total. The van der Waals surface area contributed by atoms with Crippen LogP contribution in [-0.4, -0.2) is 25.4 Å². The molecule has 0 atom stereocenters. The van der Waals surface area contributed by atoms with Crippen LogP contribution in [0.4, 0.5) is 0 Å². The molecular weight excluding hydrogens is 332 g/mol. The number of pyridine rings is 1. The summed E-state index contributed by atoms with van der Waals surface area (Å²) in [6.07, 6.45) is 5.72. The zero-order valence-electron chi connectivity index (χ0n) is 12.9. The highest BCUT2D eigenvalue weighted by molar-refractivity contribution is 7.89. The van der Waals surface area contributed by atoms with Gasteiger partial charge in [-0.1, -0.05) is 19.3 Å². The third-order valence-electron chi connectivity index (χ3n) is 4.31. The molecule has 0 bridgehead atoms. The molecule has 3 rings (SSSR count). The lowest BCUT2D eigenvalue weighted by Crippen LogP contribution is -2.36. The lowest BCUT2D eigenvalue weighted by atomic mass is 9.96. The summed E-state index contributed by atoms with van der Waals surface area (Å²) in [5, 5.41) is 11.0. The second-order valence-electron chi connectivity index (χ2n) is 5.98. The number of hydrogen-bond donors (Lipinski definition) is 2. The summed E-state index contributed by atoms with van der Waals surface area (Å²) in [6, 6.07) is 3.94. The van der Waals surface area contributed by atoms with E-state index in [2.05, 4.69) is 9.71 Å². The zero-order valence-corrected chi connectivity index (χ0v) is 13.7. The number of carboxylic acid groups (broad SMARTS) is 1. The molecule has 128 valence electrons. The minimum atomic E-state index is -3.77. The van der Waals surface area contributed by atoms with E-state index in [0.717, 1.165) is 38.3 Å². The number of carbonyl (C=O) groups excluding carboxylic acids is 1. The normalized spacial score (nSPS) is 16.3. The molecule has 0 radical (unpaired) electrons. The van der Waals surface area contributed by atoms with Crippen LogP contribution in [0.1, 0.15) is 42.5 Å². The van der Waals surface area contributed by atoms with Crippen molar-refractivity contribution in [3.63, 3.8) is 0 Å². The fraction of sp³-hybridized carbons (Fsp3) is 0.375. The monoisotopic (exact) mass is 349 g/mol. The first-order valence-corrected chi connectivity index (χ1v) is 9.26. The third-order valence-corrected chi connectivity index (χ3v) is 5.83. The number of nitrogens with one attached hydrogen (secondary N) is 2. The molecule has 1 saturated carbocycles. The van der Waals surface area contributed by atoms with Crippen LogP contribution in [0.3, 0.4) is 0 Å². The molecular formula is C16H17N2O5S-. The number of fused-ring (bicyclic) bond motifs is 1. The summed E-state index contributed by atoms with van der Waals surface area (Å²) < 4.78 is 27.7. The zero-order chi connectivity index (χ0) is 17.3. The molecule has 1 aliphatic carbocycles. The number of aromatic nitrogens is 1. The lowest BCUT2D eigenvalue weighted by Gasteiger charge is -2.22. The lowest BCUT2D eigenvalue weighted by molar-refractivity contribution is -0.255. The van der Waals surface area contributed by atoms with E-state index in [1.807, 2.05) is 0 Å². The van der Waals surface area contributed by atoms with E-state index in [0.29, 0.717) is 5.52 Å². The minimum absolute atomic E-state index is 0.00298. The summed E-state index contributed by atoms with van der Waals surface area (Å²) in [5.41, 5.74) is -0.933. The van der Waals surface area contributed by atoms with Gasteiger partial charge in [0.1, 0.15) is 0 Å². The van der Waals surface area contributed by atoms with Gasteiger partial charge in [0.15, 0.2) is 5.43 Å². The first kappa shape index (κ1) is 16.7. The smallest absolute Gasteiger partial charge is 0.240 e. The van der Waals surface area contributed by atoms with Gasteiger partial charge in [0, 0.05) is 23.1 Å². The summed E-state index contributed by atoms with van der Waals surface area (Å²) in [5.74, 6) is -1.60. The predicted molar refractivity (Wildman–Crippen MR) is 86.1 cm³/mol. The van der Waals surface area contributed by atoms with Gasteiger partial charge in [-0.2, -0.15) is 0 Å². The Morgan fingerprint density at radius 2 is 1.92 bits per heavy atom. The Kier molecular flexibility index (Phi) is 4.42. The van der Waals surface area contributed by atoms with Gasteiger partial charge in [-0.05, 0) is 31.0 Å². The third kappa shape index (κ3) is 3.20. The molecule has 1 aromatic carbocycles. The molecule has 0 aliphatic heterocycles. The Labute approximate surface area is 138 Å². The molecule has 0 saturated heterocycles.